The first-order valence-electron chi connectivity index (χ1n) is 9.52. The largest absolute Gasteiger partial charge is 0.341 e. The zero-order valence-electron chi connectivity index (χ0n) is 15.0. The molecule has 1 saturated heterocycles. The predicted octanol–water partition coefficient (Wildman–Crippen LogP) is 2.25. The molecule has 25 heavy (non-hydrogen) atoms. The molecule has 0 aliphatic carbocycles. The standard InChI is InChI=1S/C18H27N7/c1-14(17-23-22-16-7-3-2-4-10-25(16)17)19-11-15-12-20-18(21-13-15)24-8-5-6-9-24/h12-14,19H,2-11H2,1H3. The molecule has 4 rings (SSSR count). The fraction of sp³-hybridized carbons (Fsp3) is 0.667. The van der Waals surface area contributed by atoms with E-state index >= 15 is 0 Å². The molecule has 2 aromatic heterocycles. The Morgan fingerprint density at radius 3 is 2.56 bits per heavy atom. The van der Waals surface area contributed by atoms with E-state index in [0.29, 0.717) is 0 Å². The van der Waals surface area contributed by atoms with Crippen molar-refractivity contribution in [2.75, 3.05) is 18.0 Å². The van der Waals surface area contributed by atoms with Gasteiger partial charge in [-0.3, -0.25) is 0 Å². The second-order valence-corrected chi connectivity index (χ2v) is 7.12. The van der Waals surface area contributed by atoms with Gasteiger partial charge < -0.3 is 14.8 Å². The lowest BCUT2D eigenvalue weighted by Gasteiger charge is -2.16. The summed E-state index contributed by atoms with van der Waals surface area (Å²) in [6.07, 6.45) is 11.1. The summed E-state index contributed by atoms with van der Waals surface area (Å²) >= 11 is 0. The predicted molar refractivity (Wildman–Crippen MR) is 96.3 cm³/mol. The summed E-state index contributed by atoms with van der Waals surface area (Å²) < 4.78 is 2.30. The Morgan fingerprint density at radius 1 is 1.00 bits per heavy atom. The molecule has 0 radical (unpaired) electrons. The van der Waals surface area contributed by atoms with Crippen molar-refractivity contribution in [3.8, 4) is 0 Å². The summed E-state index contributed by atoms with van der Waals surface area (Å²) in [4.78, 5) is 11.3. The first-order valence-corrected chi connectivity index (χ1v) is 9.52. The summed E-state index contributed by atoms with van der Waals surface area (Å²) in [7, 11) is 0. The summed E-state index contributed by atoms with van der Waals surface area (Å²) in [6, 6.07) is 0.164. The maximum atomic E-state index is 4.53. The van der Waals surface area contributed by atoms with Gasteiger partial charge in [0.05, 0.1) is 6.04 Å². The van der Waals surface area contributed by atoms with E-state index in [9.17, 15) is 0 Å². The van der Waals surface area contributed by atoms with E-state index in [4.69, 9.17) is 0 Å². The van der Waals surface area contributed by atoms with E-state index in [0.717, 1.165) is 55.8 Å². The quantitative estimate of drug-likeness (QED) is 0.899. The minimum absolute atomic E-state index is 0.164. The van der Waals surface area contributed by atoms with Crippen molar-refractivity contribution in [3.63, 3.8) is 0 Å². The molecule has 1 fully saturated rings. The van der Waals surface area contributed by atoms with Gasteiger partial charge in [-0.25, -0.2) is 9.97 Å². The van der Waals surface area contributed by atoms with Crippen molar-refractivity contribution < 1.29 is 0 Å². The van der Waals surface area contributed by atoms with Gasteiger partial charge in [0.1, 0.15) is 11.6 Å². The van der Waals surface area contributed by atoms with E-state index in [1.807, 2.05) is 12.4 Å². The maximum Gasteiger partial charge on any atom is 0.225 e. The zero-order chi connectivity index (χ0) is 17.1. The third-order valence-electron chi connectivity index (χ3n) is 5.22. The number of aryl methyl sites for hydroxylation is 1. The monoisotopic (exact) mass is 341 g/mol. The number of nitrogens with zero attached hydrogens (tertiary/aromatic N) is 6. The van der Waals surface area contributed by atoms with Crippen molar-refractivity contribution in [3.05, 3.63) is 29.6 Å². The highest BCUT2D eigenvalue weighted by Crippen LogP contribution is 2.19. The summed E-state index contributed by atoms with van der Waals surface area (Å²) in [6.45, 7) is 6.09. The minimum atomic E-state index is 0.164. The molecular weight excluding hydrogens is 314 g/mol. The summed E-state index contributed by atoms with van der Waals surface area (Å²) in [5.41, 5.74) is 1.10. The van der Waals surface area contributed by atoms with Crippen molar-refractivity contribution in [2.24, 2.45) is 0 Å². The first kappa shape index (κ1) is 16.4. The fourth-order valence-electron chi connectivity index (χ4n) is 3.71. The van der Waals surface area contributed by atoms with Gasteiger partial charge in [0.15, 0.2) is 0 Å². The van der Waals surface area contributed by atoms with Crippen LogP contribution in [0.3, 0.4) is 0 Å². The number of hydrogen-bond acceptors (Lipinski definition) is 6. The highest BCUT2D eigenvalue weighted by molar-refractivity contribution is 5.30. The van der Waals surface area contributed by atoms with Crippen LogP contribution in [0, 0.1) is 0 Å². The number of hydrogen-bond donors (Lipinski definition) is 1. The van der Waals surface area contributed by atoms with Crippen LogP contribution < -0.4 is 10.2 Å². The van der Waals surface area contributed by atoms with Crippen LogP contribution in [0.25, 0.3) is 0 Å². The van der Waals surface area contributed by atoms with Crippen LogP contribution in [-0.4, -0.2) is 37.8 Å². The third kappa shape index (κ3) is 3.66. The van der Waals surface area contributed by atoms with Crippen LogP contribution >= 0.6 is 0 Å². The van der Waals surface area contributed by atoms with Crippen molar-refractivity contribution in [1.82, 2.24) is 30.0 Å². The Morgan fingerprint density at radius 2 is 1.76 bits per heavy atom. The summed E-state index contributed by atoms with van der Waals surface area (Å²) in [5, 5.41) is 12.4. The number of fused-ring (bicyclic) bond motifs is 1. The van der Waals surface area contributed by atoms with E-state index < -0.39 is 0 Å². The molecule has 1 N–H and O–H groups in total. The molecule has 0 saturated carbocycles. The van der Waals surface area contributed by atoms with Gasteiger partial charge in [0.2, 0.25) is 5.95 Å². The molecular formula is C18H27N7. The molecule has 1 unspecified atom stereocenters. The van der Waals surface area contributed by atoms with Crippen LogP contribution in [-0.2, 0) is 19.5 Å². The molecule has 2 aromatic rings. The van der Waals surface area contributed by atoms with Crippen molar-refractivity contribution in [2.45, 2.75) is 64.6 Å². The molecule has 2 aliphatic heterocycles. The van der Waals surface area contributed by atoms with Gasteiger partial charge in [-0.15, -0.1) is 10.2 Å². The molecule has 0 amide bonds. The first-order chi connectivity index (χ1) is 12.3. The Kier molecular flexibility index (Phi) is 4.92. The van der Waals surface area contributed by atoms with Crippen LogP contribution in [0.15, 0.2) is 12.4 Å². The molecule has 134 valence electrons. The highest BCUT2D eigenvalue weighted by Gasteiger charge is 2.19. The van der Waals surface area contributed by atoms with Crippen molar-refractivity contribution >= 4 is 5.95 Å². The van der Waals surface area contributed by atoms with Crippen LogP contribution in [0.4, 0.5) is 5.95 Å². The maximum absolute atomic E-state index is 4.53. The van der Waals surface area contributed by atoms with Gasteiger partial charge >= 0.3 is 0 Å². The topological polar surface area (TPSA) is 71.8 Å². The average Bonchev–Trinajstić information content (AvgIpc) is 3.26. The van der Waals surface area contributed by atoms with Gasteiger partial charge in [-0.1, -0.05) is 6.42 Å². The van der Waals surface area contributed by atoms with Gasteiger partial charge in [-0.2, -0.15) is 0 Å². The lowest BCUT2D eigenvalue weighted by atomic mass is 10.2. The van der Waals surface area contributed by atoms with Gasteiger partial charge in [0.25, 0.3) is 0 Å². The van der Waals surface area contributed by atoms with E-state index in [1.165, 1.54) is 32.1 Å². The Hall–Kier alpha value is -2.02. The van der Waals surface area contributed by atoms with Crippen LogP contribution in [0.2, 0.25) is 0 Å². The van der Waals surface area contributed by atoms with E-state index in [2.05, 4.69) is 41.9 Å². The normalized spacial score (nSPS) is 18.8. The van der Waals surface area contributed by atoms with Gasteiger partial charge in [0, 0.05) is 50.6 Å². The van der Waals surface area contributed by atoms with Gasteiger partial charge in [-0.05, 0) is 32.6 Å². The molecule has 7 heteroatoms. The molecule has 0 spiro atoms. The number of rotatable bonds is 5. The molecule has 4 heterocycles. The SMILES string of the molecule is CC(NCc1cnc(N2CCCC2)nc1)c1nnc2n1CCCCC2. The van der Waals surface area contributed by atoms with Crippen molar-refractivity contribution in [1.29, 1.82) is 0 Å². The Bertz CT molecular complexity index is 688. The van der Waals surface area contributed by atoms with E-state index in [1.54, 1.807) is 0 Å². The summed E-state index contributed by atoms with van der Waals surface area (Å²) in [5.74, 6) is 3.04. The minimum Gasteiger partial charge on any atom is -0.341 e. The highest BCUT2D eigenvalue weighted by atomic mass is 15.3. The molecule has 0 aromatic carbocycles. The average molecular weight is 341 g/mol. The molecule has 1 atom stereocenters. The Balaban J connectivity index is 1.37. The Labute approximate surface area is 148 Å². The van der Waals surface area contributed by atoms with Crippen LogP contribution in [0.5, 0.6) is 0 Å². The number of anilines is 1. The molecule has 0 bridgehead atoms. The van der Waals surface area contributed by atoms with Crippen LogP contribution in [0.1, 0.15) is 62.3 Å². The molecule has 2 aliphatic rings. The fourth-order valence-corrected chi connectivity index (χ4v) is 3.71. The third-order valence-corrected chi connectivity index (χ3v) is 5.22. The smallest absolute Gasteiger partial charge is 0.225 e. The lowest BCUT2D eigenvalue weighted by Crippen LogP contribution is -2.23. The second-order valence-electron chi connectivity index (χ2n) is 7.12. The second kappa shape index (κ2) is 7.47. The van der Waals surface area contributed by atoms with E-state index in [-0.39, 0.29) is 6.04 Å². The molecule has 7 nitrogen and oxygen atoms in total. The zero-order valence-corrected chi connectivity index (χ0v) is 15.0. The number of aromatic nitrogens is 5. The lowest BCUT2D eigenvalue weighted by molar-refractivity contribution is 0.501. The number of nitrogens with one attached hydrogen (secondary N) is 1.